The maximum absolute atomic E-state index is 11.4. The van der Waals surface area contributed by atoms with Crippen LogP contribution >= 0.6 is 0 Å². The van der Waals surface area contributed by atoms with Gasteiger partial charge in [-0.05, 0) is 25.5 Å². The van der Waals surface area contributed by atoms with Gasteiger partial charge in [0.15, 0.2) is 5.78 Å². The fourth-order valence-corrected chi connectivity index (χ4v) is 1.62. The van der Waals surface area contributed by atoms with Gasteiger partial charge in [-0.2, -0.15) is 0 Å². The summed E-state index contributed by atoms with van der Waals surface area (Å²) in [7, 11) is 0. The van der Waals surface area contributed by atoms with Gasteiger partial charge in [-0.25, -0.2) is 0 Å². The minimum atomic E-state index is -0.941. The second-order valence-electron chi connectivity index (χ2n) is 4.53. The Morgan fingerprint density at radius 1 is 1.24 bits per heavy atom. The summed E-state index contributed by atoms with van der Waals surface area (Å²) in [5.74, 6) is -0.575. The summed E-state index contributed by atoms with van der Waals surface area (Å²) in [6, 6.07) is 6.87. The zero-order chi connectivity index (χ0) is 15.7. The molecule has 0 bridgehead atoms. The maximum Gasteiger partial charge on any atom is 0.305 e. The van der Waals surface area contributed by atoms with Gasteiger partial charge in [0, 0.05) is 18.5 Å². The quantitative estimate of drug-likeness (QED) is 0.533. The van der Waals surface area contributed by atoms with Crippen LogP contribution in [0.3, 0.4) is 0 Å². The Morgan fingerprint density at radius 2 is 2.00 bits per heavy atom. The fraction of sp³-hybridized carbons (Fsp3) is 0.400. The number of hydrogen-bond donors (Lipinski definition) is 2. The Hall–Kier alpha value is -2.37. The molecule has 2 N–H and O–H groups in total. The summed E-state index contributed by atoms with van der Waals surface area (Å²) in [6.45, 7) is 1.98. The zero-order valence-corrected chi connectivity index (χ0v) is 11.9. The minimum Gasteiger partial charge on any atom is -0.494 e. The molecule has 0 spiro atoms. The molecule has 1 aromatic rings. The van der Waals surface area contributed by atoms with Crippen molar-refractivity contribution < 1.29 is 24.2 Å². The van der Waals surface area contributed by atoms with Crippen LogP contribution in [0, 0.1) is 0 Å². The number of carbonyl (C=O) groups excluding carboxylic acids is 2. The van der Waals surface area contributed by atoms with E-state index in [1.54, 1.807) is 24.3 Å². The van der Waals surface area contributed by atoms with Crippen molar-refractivity contribution in [2.24, 2.45) is 0 Å². The van der Waals surface area contributed by atoms with E-state index < -0.39 is 5.97 Å². The lowest BCUT2D eigenvalue weighted by Gasteiger charge is -2.07. The Kier molecular flexibility index (Phi) is 6.94. The Balaban J connectivity index is 2.22. The van der Waals surface area contributed by atoms with E-state index in [1.165, 1.54) is 6.92 Å². The number of amides is 1. The molecule has 1 rings (SSSR count). The second-order valence-corrected chi connectivity index (χ2v) is 4.53. The van der Waals surface area contributed by atoms with E-state index in [4.69, 9.17) is 9.84 Å². The van der Waals surface area contributed by atoms with Gasteiger partial charge in [-0.1, -0.05) is 12.1 Å². The maximum atomic E-state index is 11.4. The van der Waals surface area contributed by atoms with E-state index in [9.17, 15) is 14.4 Å². The summed E-state index contributed by atoms with van der Waals surface area (Å²) in [5, 5.41) is 10.9. The predicted octanol–water partition coefficient (Wildman–Crippen LogP) is 1.64. The number of Topliss-reactive ketones (excluding diaryl/α,β-unsaturated/α-hetero) is 1. The number of ether oxygens (including phenoxy) is 1. The molecular weight excluding hydrogens is 274 g/mol. The summed E-state index contributed by atoms with van der Waals surface area (Å²) in [5.41, 5.74) is 0.582. The number of carboxylic acids is 1. The van der Waals surface area contributed by atoms with Gasteiger partial charge in [-0.3, -0.25) is 14.4 Å². The third-order valence-electron chi connectivity index (χ3n) is 2.72. The Labute approximate surface area is 123 Å². The van der Waals surface area contributed by atoms with E-state index >= 15 is 0 Å². The normalized spacial score (nSPS) is 9.95. The summed E-state index contributed by atoms with van der Waals surface area (Å²) in [6.07, 6.45) is 0.704. The number of carboxylic acid groups (broad SMARTS) is 1. The van der Waals surface area contributed by atoms with Crippen molar-refractivity contribution in [2.75, 3.05) is 13.2 Å². The third kappa shape index (κ3) is 7.10. The fourth-order valence-electron chi connectivity index (χ4n) is 1.62. The number of aliphatic carboxylic acids is 1. The summed E-state index contributed by atoms with van der Waals surface area (Å²) in [4.78, 5) is 32.9. The number of carbonyl (C=O) groups is 3. The smallest absolute Gasteiger partial charge is 0.305 e. The van der Waals surface area contributed by atoms with Gasteiger partial charge in [0.2, 0.25) is 5.91 Å². The first-order valence-corrected chi connectivity index (χ1v) is 6.71. The van der Waals surface area contributed by atoms with E-state index in [2.05, 4.69) is 5.32 Å². The van der Waals surface area contributed by atoms with E-state index in [0.717, 1.165) is 0 Å². The summed E-state index contributed by atoms with van der Waals surface area (Å²) < 4.78 is 5.46. The van der Waals surface area contributed by atoms with Gasteiger partial charge in [0.1, 0.15) is 5.75 Å². The van der Waals surface area contributed by atoms with Crippen molar-refractivity contribution in [2.45, 2.75) is 26.2 Å². The topological polar surface area (TPSA) is 92.7 Å². The molecule has 21 heavy (non-hydrogen) atoms. The van der Waals surface area contributed by atoms with Crippen LogP contribution in [-0.2, 0) is 9.59 Å². The van der Waals surface area contributed by atoms with Crippen LogP contribution in [0.4, 0.5) is 0 Å². The van der Waals surface area contributed by atoms with Crippen LogP contribution in [0.25, 0.3) is 0 Å². The lowest BCUT2D eigenvalue weighted by molar-refractivity contribution is -0.136. The van der Waals surface area contributed by atoms with Gasteiger partial charge in [-0.15, -0.1) is 0 Å². The molecule has 0 aliphatic heterocycles. The molecular formula is C15H19NO5. The Bertz CT molecular complexity index is 513. The predicted molar refractivity (Wildman–Crippen MR) is 76.4 cm³/mol. The van der Waals surface area contributed by atoms with Crippen molar-refractivity contribution in [1.29, 1.82) is 0 Å². The van der Waals surface area contributed by atoms with Crippen molar-refractivity contribution in [3.63, 3.8) is 0 Å². The SMILES string of the molecule is CC(=O)c1cccc(OCCCC(=O)NCCC(=O)O)c1. The number of benzene rings is 1. The number of rotatable bonds is 9. The lowest BCUT2D eigenvalue weighted by atomic mass is 10.1. The van der Waals surface area contributed by atoms with Crippen LogP contribution < -0.4 is 10.1 Å². The lowest BCUT2D eigenvalue weighted by Crippen LogP contribution is -2.26. The molecule has 0 aromatic heterocycles. The van der Waals surface area contributed by atoms with Crippen molar-refractivity contribution >= 4 is 17.7 Å². The van der Waals surface area contributed by atoms with Crippen LogP contribution in [-0.4, -0.2) is 35.9 Å². The highest BCUT2D eigenvalue weighted by molar-refractivity contribution is 5.94. The first-order valence-electron chi connectivity index (χ1n) is 6.71. The molecule has 0 saturated heterocycles. The van der Waals surface area contributed by atoms with E-state index in [1.807, 2.05) is 0 Å². The van der Waals surface area contributed by atoms with Crippen molar-refractivity contribution in [1.82, 2.24) is 5.32 Å². The molecule has 0 aliphatic carbocycles. The van der Waals surface area contributed by atoms with Gasteiger partial charge in [0.05, 0.1) is 13.0 Å². The monoisotopic (exact) mass is 293 g/mol. The highest BCUT2D eigenvalue weighted by Crippen LogP contribution is 2.14. The van der Waals surface area contributed by atoms with Crippen LogP contribution in [0.5, 0.6) is 5.75 Å². The molecule has 6 heteroatoms. The average Bonchev–Trinajstić information content (AvgIpc) is 2.43. The largest absolute Gasteiger partial charge is 0.494 e. The van der Waals surface area contributed by atoms with Crippen molar-refractivity contribution in [3.05, 3.63) is 29.8 Å². The highest BCUT2D eigenvalue weighted by Gasteiger charge is 2.04. The van der Waals surface area contributed by atoms with Gasteiger partial charge in [0.25, 0.3) is 0 Å². The molecule has 0 heterocycles. The molecule has 0 saturated carbocycles. The molecule has 0 aliphatic rings. The molecule has 1 amide bonds. The number of ketones is 1. The van der Waals surface area contributed by atoms with Gasteiger partial charge < -0.3 is 15.2 Å². The molecule has 1 aromatic carbocycles. The molecule has 0 unspecified atom stereocenters. The van der Waals surface area contributed by atoms with Crippen LogP contribution in [0.1, 0.15) is 36.5 Å². The molecule has 0 radical (unpaired) electrons. The second kappa shape index (κ2) is 8.73. The molecule has 0 atom stereocenters. The molecule has 6 nitrogen and oxygen atoms in total. The highest BCUT2D eigenvalue weighted by atomic mass is 16.5. The molecule has 0 fully saturated rings. The van der Waals surface area contributed by atoms with E-state index in [0.29, 0.717) is 24.3 Å². The van der Waals surface area contributed by atoms with E-state index in [-0.39, 0.29) is 31.1 Å². The average molecular weight is 293 g/mol. The number of nitrogens with one attached hydrogen (secondary N) is 1. The molecule has 114 valence electrons. The zero-order valence-electron chi connectivity index (χ0n) is 11.9. The summed E-state index contributed by atoms with van der Waals surface area (Å²) >= 11 is 0. The third-order valence-corrected chi connectivity index (χ3v) is 2.72. The number of hydrogen-bond acceptors (Lipinski definition) is 4. The minimum absolute atomic E-state index is 0.0294. The Morgan fingerprint density at radius 3 is 2.67 bits per heavy atom. The first kappa shape index (κ1) is 16.7. The van der Waals surface area contributed by atoms with Crippen molar-refractivity contribution in [3.8, 4) is 5.75 Å². The van der Waals surface area contributed by atoms with Crippen LogP contribution in [0.15, 0.2) is 24.3 Å². The van der Waals surface area contributed by atoms with Crippen LogP contribution in [0.2, 0.25) is 0 Å². The first-order chi connectivity index (χ1) is 9.99. The standard InChI is InChI=1S/C15H19NO5/c1-11(17)12-4-2-5-13(10-12)21-9-3-6-14(18)16-8-7-15(19)20/h2,4-5,10H,3,6-9H2,1H3,(H,16,18)(H,19,20). The van der Waals surface area contributed by atoms with Gasteiger partial charge >= 0.3 is 5.97 Å².